The topological polar surface area (TPSA) is 58.6 Å². The summed E-state index contributed by atoms with van der Waals surface area (Å²) >= 11 is 6.03. The van der Waals surface area contributed by atoms with Gasteiger partial charge in [0.15, 0.2) is 0 Å². The van der Waals surface area contributed by atoms with Crippen molar-refractivity contribution in [1.82, 2.24) is 4.90 Å². The van der Waals surface area contributed by atoms with Crippen LogP contribution in [0.25, 0.3) is 0 Å². The average molecular weight is 299 g/mol. The summed E-state index contributed by atoms with van der Waals surface area (Å²) < 4.78 is 4.81. The van der Waals surface area contributed by atoms with Gasteiger partial charge in [-0.05, 0) is 38.6 Å². The number of likely N-dealkylation sites (N-methyl/N-ethyl adjacent to an activating group) is 1. The van der Waals surface area contributed by atoms with Gasteiger partial charge in [0.05, 0.1) is 30.4 Å². The molecular weight excluding hydrogens is 280 g/mol. The molecule has 0 heterocycles. The number of ether oxygens (including phenoxy) is 1. The van der Waals surface area contributed by atoms with Crippen LogP contribution < -0.4 is 5.32 Å². The number of aryl methyl sites for hydroxylation is 1. The van der Waals surface area contributed by atoms with E-state index < -0.39 is 0 Å². The molecule has 1 amide bonds. The Bertz CT molecular complexity index is 491. The number of carbonyl (C=O) groups is 2. The summed E-state index contributed by atoms with van der Waals surface area (Å²) in [5.41, 5.74) is 1.58. The first kappa shape index (κ1) is 16.5. The van der Waals surface area contributed by atoms with E-state index in [1.165, 1.54) is 0 Å². The number of nitrogens with zero attached hydrogens (tertiary/aromatic N) is 1. The number of esters is 1. The number of rotatable bonds is 6. The monoisotopic (exact) mass is 298 g/mol. The molecule has 6 heteroatoms. The van der Waals surface area contributed by atoms with E-state index in [1.807, 2.05) is 13.0 Å². The van der Waals surface area contributed by atoms with Crippen LogP contribution in [0.5, 0.6) is 0 Å². The van der Waals surface area contributed by atoms with Crippen LogP contribution in [0.2, 0.25) is 5.02 Å². The Labute approximate surface area is 123 Å². The fourth-order valence-electron chi connectivity index (χ4n) is 1.64. The summed E-state index contributed by atoms with van der Waals surface area (Å²) in [6.45, 7) is 4.15. The molecule has 20 heavy (non-hydrogen) atoms. The van der Waals surface area contributed by atoms with Crippen LogP contribution in [0.1, 0.15) is 12.5 Å². The Morgan fingerprint density at radius 1 is 1.35 bits per heavy atom. The molecule has 0 aliphatic rings. The molecule has 0 saturated carbocycles. The lowest BCUT2D eigenvalue weighted by Gasteiger charge is -2.15. The first-order valence-electron chi connectivity index (χ1n) is 6.32. The maximum Gasteiger partial charge on any atom is 0.320 e. The van der Waals surface area contributed by atoms with E-state index in [2.05, 4.69) is 5.32 Å². The van der Waals surface area contributed by atoms with Gasteiger partial charge < -0.3 is 10.1 Å². The van der Waals surface area contributed by atoms with Crippen molar-refractivity contribution in [3.05, 3.63) is 28.8 Å². The molecule has 1 N–H and O–H groups in total. The molecule has 0 aromatic heterocycles. The van der Waals surface area contributed by atoms with Crippen LogP contribution in [0.3, 0.4) is 0 Å². The zero-order valence-corrected chi connectivity index (χ0v) is 12.7. The van der Waals surface area contributed by atoms with Gasteiger partial charge in [-0.25, -0.2) is 0 Å². The molecule has 0 aliphatic carbocycles. The highest BCUT2D eigenvalue weighted by molar-refractivity contribution is 6.33. The van der Waals surface area contributed by atoms with Gasteiger partial charge in [0.2, 0.25) is 5.91 Å². The Kier molecular flexibility index (Phi) is 6.48. The second-order valence-corrected chi connectivity index (χ2v) is 4.92. The van der Waals surface area contributed by atoms with Crippen molar-refractivity contribution >= 4 is 29.2 Å². The molecule has 0 saturated heterocycles. The van der Waals surface area contributed by atoms with E-state index in [4.69, 9.17) is 16.3 Å². The minimum absolute atomic E-state index is 0.0723. The van der Waals surface area contributed by atoms with Gasteiger partial charge in [0.25, 0.3) is 0 Å². The number of halogens is 1. The Balaban J connectivity index is 2.49. The molecule has 1 aromatic carbocycles. The first-order valence-corrected chi connectivity index (χ1v) is 6.70. The standard InChI is InChI=1S/C14H19ClN2O3/c1-4-20-14(19)9-17(3)8-13(18)16-12-6-5-10(2)7-11(12)15/h5-7H,4,8-9H2,1-3H3,(H,16,18). The second kappa shape index (κ2) is 7.87. The largest absolute Gasteiger partial charge is 0.465 e. The number of anilines is 1. The van der Waals surface area contributed by atoms with Crippen molar-refractivity contribution in [3.63, 3.8) is 0 Å². The van der Waals surface area contributed by atoms with Crippen molar-refractivity contribution in [2.45, 2.75) is 13.8 Å². The molecule has 5 nitrogen and oxygen atoms in total. The van der Waals surface area contributed by atoms with Gasteiger partial charge in [-0.15, -0.1) is 0 Å². The Morgan fingerprint density at radius 2 is 2.05 bits per heavy atom. The van der Waals surface area contributed by atoms with Gasteiger partial charge in [-0.3, -0.25) is 14.5 Å². The van der Waals surface area contributed by atoms with E-state index in [-0.39, 0.29) is 25.0 Å². The normalized spacial score (nSPS) is 10.4. The molecule has 0 aliphatic heterocycles. The quantitative estimate of drug-likeness (QED) is 0.817. The van der Waals surface area contributed by atoms with Crippen molar-refractivity contribution < 1.29 is 14.3 Å². The third-order valence-corrected chi connectivity index (χ3v) is 2.83. The van der Waals surface area contributed by atoms with Crippen LogP contribution >= 0.6 is 11.6 Å². The number of hydrogen-bond donors (Lipinski definition) is 1. The van der Waals surface area contributed by atoms with Gasteiger partial charge >= 0.3 is 5.97 Å². The highest BCUT2D eigenvalue weighted by atomic mass is 35.5. The third kappa shape index (κ3) is 5.59. The van der Waals surface area contributed by atoms with Crippen LogP contribution in [-0.4, -0.2) is 43.5 Å². The highest BCUT2D eigenvalue weighted by Gasteiger charge is 2.12. The van der Waals surface area contributed by atoms with Crippen molar-refractivity contribution in [2.75, 3.05) is 32.1 Å². The summed E-state index contributed by atoms with van der Waals surface area (Å²) in [7, 11) is 1.67. The fourth-order valence-corrected chi connectivity index (χ4v) is 1.92. The number of benzene rings is 1. The second-order valence-electron chi connectivity index (χ2n) is 4.51. The predicted molar refractivity (Wildman–Crippen MR) is 78.9 cm³/mol. The number of hydrogen-bond acceptors (Lipinski definition) is 4. The number of amides is 1. The molecule has 0 radical (unpaired) electrons. The maximum atomic E-state index is 11.8. The SMILES string of the molecule is CCOC(=O)CN(C)CC(=O)Nc1ccc(C)cc1Cl. The first-order chi connectivity index (χ1) is 9.42. The molecule has 0 bridgehead atoms. The van der Waals surface area contributed by atoms with E-state index in [0.717, 1.165) is 5.56 Å². The number of carbonyl (C=O) groups excluding carboxylic acids is 2. The van der Waals surface area contributed by atoms with E-state index in [0.29, 0.717) is 17.3 Å². The third-order valence-electron chi connectivity index (χ3n) is 2.52. The molecule has 0 atom stereocenters. The highest BCUT2D eigenvalue weighted by Crippen LogP contribution is 2.22. The minimum Gasteiger partial charge on any atom is -0.465 e. The lowest BCUT2D eigenvalue weighted by molar-refractivity contribution is -0.144. The van der Waals surface area contributed by atoms with Crippen LogP contribution in [-0.2, 0) is 14.3 Å². The van der Waals surface area contributed by atoms with Gasteiger partial charge in [-0.2, -0.15) is 0 Å². The molecule has 0 unspecified atom stereocenters. The Morgan fingerprint density at radius 3 is 2.65 bits per heavy atom. The lowest BCUT2D eigenvalue weighted by Crippen LogP contribution is -2.34. The summed E-state index contributed by atoms with van der Waals surface area (Å²) in [6, 6.07) is 5.39. The molecule has 1 rings (SSSR count). The fraction of sp³-hybridized carbons (Fsp3) is 0.429. The van der Waals surface area contributed by atoms with Gasteiger partial charge in [0, 0.05) is 0 Å². The van der Waals surface area contributed by atoms with E-state index in [1.54, 1.807) is 31.0 Å². The zero-order chi connectivity index (χ0) is 15.1. The van der Waals surface area contributed by atoms with E-state index in [9.17, 15) is 9.59 Å². The van der Waals surface area contributed by atoms with Gasteiger partial charge in [0.1, 0.15) is 0 Å². The molecule has 0 fully saturated rings. The molecule has 110 valence electrons. The van der Waals surface area contributed by atoms with E-state index >= 15 is 0 Å². The summed E-state index contributed by atoms with van der Waals surface area (Å²) in [4.78, 5) is 24.7. The van der Waals surface area contributed by atoms with Gasteiger partial charge in [-0.1, -0.05) is 17.7 Å². The van der Waals surface area contributed by atoms with Crippen LogP contribution in [0.15, 0.2) is 18.2 Å². The summed E-state index contributed by atoms with van der Waals surface area (Å²) in [6.07, 6.45) is 0. The lowest BCUT2D eigenvalue weighted by atomic mass is 10.2. The zero-order valence-electron chi connectivity index (χ0n) is 11.9. The molecule has 0 spiro atoms. The van der Waals surface area contributed by atoms with Crippen molar-refractivity contribution in [1.29, 1.82) is 0 Å². The van der Waals surface area contributed by atoms with Crippen LogP contribution in [0.4, 0.5) is 5.69 Å². The predicted octanol–water partition coefficient (Wildman–Crippen LogP) is 2.08. The smallest absolute Gasteiger partial charge is 0.320 e. The van der Waals surface area contributed by atoms with Crippen molar-refractivity contribution in [3.8, 4) is 0 Å². The van der Waals surface area contributed by atoms with Crippen molar-refractivity contribution in [2.24, 2.45) is 0 Å². The average Bonchev–Trinajstić information content (AvgIpc) is 2.32. The summed E-state index contributed by atoms with van der Waals surface area (Å²) in [5, 5.41) is 3.20. The Hall–Kier alpha value is -1.59. The number of nitrogens with one attached hydrogen (secondary N) is 1. The maximum absolute atomic E-state index is 11.8. The minimum atomic E-state index is -0.351. The molecule has 1 aromatic rings. The molecular formula is C14H19ClN2O3. The van der Waals surface area contributed by atoms with Crippen LogP contribution in [0, 0.1) is 6.92 Å². The summed E-state index contributed by atoms with van der Waals surface area (Å²) in [5.74, 6) is -0.585.